The van der Waals surface area contributed by atoms with Crippen LogP contribution in [0.15, 0.2) is 35.4 Å². The molecule has 6 N–H and O–H groups in total. The van der Waals surface area contributed by atoms with Crippen molar-refractivity contribution < 1.29 is 181 Å². The van der Waals surface area contributed by atoms with Crippen LogP contribution in [0.3, 0.4) is 0 Å². The van der Waals surface area contributed by atoms with Crippen molar-refractivity contribution in [3.05, 3.63) is 62.3 Å². The first-order chi connectivity index (χ1) is 66.9. The number of nitrogens with zero attached hydrogens (tertiary/aromatic N) is 6. The predicted octanol–water partition coefficient (Wildman–Crippen LogP) is 16.0. The summed E-state index contributed by atoms with van der Waals surface area (Å²) in [7, 11) is -4.37. The van der Waals surface area contributed by atoms with Crippen LogP contribution in [0.25, 0.3) is 26.4 Å². The van der Waals surface area contributed by atoms with Gasteiger partial charge in [-0.05, 0) is 200 Å². The Balaban J connectivity index is -0.000000296. The molecule has 140 heavy (non-hydrogen) atoms. The van der Waals surface area contributed by atoms with Crippen molar-refractivity contribution in [2.45, 2.75) is 269 Å². The predicted molar refractivity (Wildman–Crippen MR) is 548 cm³/mol. The molecule has 0 atom stereocenters. The minimum atomic E-state index is -3.37. The number of hydrogen-bond acceptors (Lipinski definition) is 28. The molecule has 0 unspecified atom stereocenters. The van der Waals surface area contributed by atoms with E-state index in [0.29, 0.717) is 211 Å². The van der Waals surface area contributed by atoms with Crippen molar-refractivity contribution in [2.75, 3.05) is 284 Å². The standard InChI is InChI=1S/C21H34O4.C15H30O6S.C14H27N3O3.C14H29NO3.C14H28O4.C13H25NO2.C7H16O3.C2H6O.CH3F.CH4.N3.Na.W.H2/c1-19-7-9-21(10-8-19)18-25-16-14-23-12-11-22-13-15-24-17-20-5-3-2-4-6-20;1-14-3-5-15(6-4-14)13-20-10-9-18-7-8-19-11-12-21-22(2,16)17;1-13-2-4-14(5-3-13)12-20-11-10-19-9-8-18-7-6-16-17-15;2*1-13-2-4-14(5-3-13)12-18-11-10-17-9-8-16-7-6-15;1-5-10-6-8-11(9-7-10)14-12(15)16-13(2,3)4;1-2-4-9-6-7-10-5-3-8;1-2-3;1-2;;1-3-2;;;/h2-6,19,21H,7-18H2,1H3;14-15H,3-13H2,1-2H3;13-14H,2-12H2,1H3;13-14H,2-12,15H2,1H3;13-15H,2-12H2,1H3;10-11H,5-9H2,1-4H3,(H,14,15);8H,2-7H2,1H3;3H,2H2,1H3;1H3;1H4;;;;1H/q;;;;;;;;;;-1;+1;;/i;;;;;;;;1D;;;;;1+2. The number of alkyl carbamates (subject to hydrolysis) is 1. The second kappa shape index (κ2) is 114. The van der Waals surface area contributed by atoms with Gasteiger partial charge in [-0.25, -0.2) is 4.79 Å². The smallest absolute Gasteiger partial charge is 0.444 e. The summed E-state index contributed by atoms with van der Waals surface area (Å²) in [6.45, 7) is 47.1. The molecular formula is C102H204FN8NaO26SW. The number of benzene rings is 1. The van der Waals surface area contributed by atoms with Crippen LogP contribution in [-0.2, 0) is 132 Å². The minimum Gasteiger partial charge on any atom is -0.444 e. The van der Waals surface area contributed by atoms with E-state index in [1.54, 1.807) is 6.92 Å². The molecule has 0 aliphatic heterocycles. The Hall–Kier alpha value is -2.24. The average Bonchev–Trinajstić information content (AvgIpc) is 0.892. The van der Waals surface area contributed by atoms with Crippen LogP contribution in [0.5, 0.6) is 0 Å². The number of amides is 1. The van der Waals surface area contributed by atoms with Gasteiger partial charge in [0.2, 0.25) is 0 Å². The third kappa shape index (κ3) is 111. The van der Waals surface area contributed by atoms with Crippen LogP contribution >= 0.6 is 0 Å². The van der Waals surface area contributed by atoms with Crippen LogP contribution in [0.4, 0.5) is 9.18 Å². The molecule has 6 aliphatic rings. The summed E-state index contributed by atoms with van der Waals surface area (Å²) in [6, 6.07) is 10.5. The molecule has 38 heteroatoms. The zero-order valence-corrected chi connectivity index (χ0v) is 94.5. The number of ether oxygens (including phenoxy) is 19. The molecule has 6 saturated carbocycles. The van der Waals surface area contributed by atoms with Gasteiger partial charge >= 0.3 is 35.7 Å². The van der Waals surface area contributed by atoms with Gasteiger partial charge < -0.3 is 127 Å². The number of aliphatic hydroxyl groups excluding tert-OH is 3. The van der Waals surface area contributed by atoms with Gasteiger partial charge in [-0.15, -0.1) is 0 Å². The summed E-state index contributed by atoms with van der Waals surface area (Å²) >= 11 is 0. The Kier molecular flexibility index (Phi) is 119. The van der Waals surface area contributed by atoms with Gasteiger partial charge in [-0.1, -0.05) is 162 Å². The van der Waals surface area contributed by atoms with E-state index >= 15 is 0 Å². The van der Waals surface area contributed by atoms with Crippen LogP contribution in [0.1, 0.15) is 259 Å². The number of azide groups is 1. The number of rotatable bonds is 65. The molecule has 6 fully saturated rings. The number of nitrogens with one attached hydrogen (secondary N) is 1. The number of aliphatic hydroxyl groups is 3. The number of halogens is 1. The fourth-order valence-electron chi connectivity index (χ4n) is 15.1. The molecule has 0 bridgehead atoms. The average molecular weight is 2220 g/mol. The molecule has 0 heterocycles. The first-order valence-corrected chi connectivity index (χ1v) is 53.3. The first-order valence-electron chi connectivity index (χ1n) is 52.2. The van der Waals surface area contributed by atoms with E-state index in [0.717, 1.165) is 130 Å². The van der Waals surface area contributed by atoms with Gasteiger partial charge in [0, 0.05) is 92.8 Å². The molecule has 0 aromatic heterocycles. The van der Waals surface area contributed by atoms with Crippen molar-refractivity contribution in [2.24, 2.45) is 75.9 Å². The van der Waals surface area contributed by atoms with Crippen molar-refractivity contribution in [3.8, 4) is 0 Å². The first kappa shape index (κ1) is 146. The molecule has 1 amide bonds. The van der Waals surface area contributed by atoms with Crippen molar-refractivity contribution in [1.29, 1.82) is 0 Å². The molecule has 0 saturated heterocycles. The Labute approximate surface area is 887 Å². The number of hydrogen-bond donors (Lipinski definition) is 5. The number of nitrogens with two attached hydrogens (primary N) is 1. The van der Waals surface area contributed by atoms with Gasteiger partial charge in [0.05, 0.1) is 233 Å². The topological polar surface area (TPSA) is 442 Å². The van der Waals surface area contributed by atoms with E-state index in [1.807, 2.05) is 39.0 Å². The molecule has 34 nitrogen and oxygen atoms in total. The normalized spacial score (nSPS) is 20.8. The molecule has 828 valence electrons. The summed E-state index contributed by atoms with van der Waals surface area (Å²) in [4.78, 5) is 15.7. The van der Waals surface area contributed by atoms with Crippen LogP contribution in [0.2, 0.25) is 0 Å². The molecule has 6 aliphatic carbocycles. The Morgan fingerprint density at radius 2 is 0.686 bits per heavy atom. The van der Waals surface area contributed by atoms with E-state index in [9.17, 15) is 17.6 Å². The number of carbonyl (C=O) groups excluding carboxylic acids is 1. The second-order valence-corrected chi connectivity index (χ2v) is 38.4. The molecular weight excluding hydrogens is 2010 g/mol. The molecule has 7 rings (SSSR count). The summed E-state index contributed by atoms with van der Waals surface area (Å²) in [5.41, 5.74) is 27.7. The molecule has 1 aromatic rings. The van der Waals surface area contributed by atoms with Gasteiger partial charge in [0.1, 0.15) is 5.60 Å². The van der Waals surface area contributed by atoms with Crippen molar-refractivity contribution in [3.63, 3.8) is 0 Å². The van der Waals surface area contributed by atoms with Crippen molar-refractivity contribution >= 4 is 16.2 Å². The van der Waals surface area contributed by atoms with Gasteiger partial charge in [0.15, 0.2) is 0 Å². The van der Waals surface area contributed by atoms with Crippen LogP contribution in [0, 0.1) is 65.1 Å². The van der Waals surface area contributed by atoms with E-state index in [1.165, 1.54) is 158 Å². The zero-order chi connectivity index (χ0) is 102. The summed E-state index contributed by atoms with van der Waals surface area (Å²) < 4.78 is 144. The Morgan fingerprint density at radius 1 is 0.436 bits per heavy atom. The largest absolute Gasteiger partial charge is 1.00 e. The summed E-state index contributed by atoms with van der Waals surface area (Å²) in [5, 5.41) is 30.7. The van der Waals surface area contributed by atoms with E-state index < -0.39 is 22.9 Å². The third-order valence-corrected chi connectivity index (χ3v) is 23.8. The zero-order valence-electron chi connectivity index (χ0n) is 89.8. The molecule has 1 aromatic carbocycles. The van der Waals surface area contributed by atoms with Crippen LogP contribution in [-0.4, -0.2) is 326 Å². The van der Waals surface area contributed by atoms with Gasteiger partial charge in [-0.2, -0.15) is 8.42 Å². The third-order valence-electron chi connectivity index (χ3n) is 23.2. The number of carbonyl (C=O) groups is 1. The van der Waals surface area contributed by atoms with E-state index in [-0.39, 0.29) is 98.6 Å². The fraction of sp³-hybridized carbons (Fsp3) is 0.931. The summed E-state index contributed by atoms with van der Waals surface area (Å²) in [6.07, 6.45) is 34.3. The van der Waals surface area contributed by atoms with E-state index in [2.05, 4.69) is 80.1 Å². The Bertz CT molecular complexity index is 2800. The second-order valence-electron chi connectivity index (χ2n) is 36.8. The summed E-state index contributed by atoms with van der Waals surface area (Å²) in [5.74, 6) is 9.11. The molecule has 0 spiro atoms. The SMILES string of the molecule is C.CC1CCC(COCCOCCOCCN)CC1.CC1CCC(COCCOCCOCCN=[N+]=[N-])CC1.CC1CCC(COCCOCCOCCO)CC1.CC1CCC(COCCOCCOCCOCc2ccccc2)CC1.CC1CCC(COCCOCCOCCOS(C)(=O)=O)CC1.CCC1CCC(NC(=O)OC(C)(C)C)CC1.CCCOCCOCCO.CCO.[2H]CF.[3HH].[N-]=[N+]=[N-].[Na+].[W]. The van der Waals surface area contributed by atoms with Gasteiger partial charge in [-0.3, -0.25) is 13.5 Å². The van der Waals surface area contributed by atoms with E-state index in [4.69, 9.17) is 129 Å². The maximum Gasteiger partial charge on any atom is 1.00 e. The molecule has 0 radical (unpaired) electrons. The van der Waals surface area contributed by atoms with Gasteiger partial charge in [0.25, 0.3) is 10.1 Å². The van der Waals surface area contributed by atoms with Crippen LogP contribution < -0.4 is 40.6 Å². The Morgan fingerprint density at radius 3 is 0.943 bits per heavy atom. The minimum absolute atomic E-state index is 0. The fourth-order valence-corrected chi connectivity index (χ4v) is 15.4. The quantitative estimate of drug-likeness (QED) is 0.0101. The maximum atomic E-state index is 11.5. The number of alkyl halides is 1. The monoisotopic (exact) mass is 2220 g/mol. The maximum absolute atomic E-state index is 11.5. The van der Waals surface area contributed by atoms with Crippen molar-refractivity contribution in [1.82, 2.24) is 5.32 Å².